The SMILES string of the molecule is C=CC[n+]1cc(P(=S)(c2ccccc2)c2ccccc2)cc(P(=S)(c2ccccc2)c2ccccc2)c1. The number of hydrogen-bond donors (Lipinski definition) is 0. The third kappa shape index (κ3) is 4.98. The minimum atomic E-state index is -2.36. The van der Waals surface area contributed by atoms with Gasteiger partial charge in [-0.05, 0) is 33.4 Å². The fourth-order valence-electron chi connectivity index (χ4n) is 4.65. The molecule has 37 heavy (non-hydrogen) atoms. The molecule has 182 valence electrons. The van der Waals surface area contributed by atoms with Gasteiger partial charge in [0.05, 0.1) is 10.6 Å². The Balaban J connectivity index is 1.84. The molecule has 0 aliphatic rings. The zero-order chi connectivity index (χ0) is 25.7. The molecule has 0 amide bonds. The van der Waals surface area contributed by atoms with E-state index < -0.39 is 12.1 Å². The lowest BCUT2D eigenvalue weighted by Crippen LogP contribution is -2.43. The molecule has 0 radical (unpaired) electrons. The molecule has 0 atom stereocenters. The fourth-order valence-corrected chi connectivity index (χ4v) is 12.2. The van der Waals surface area contributed by atoms with Crippen LogP contribution in [0.4, 0.5) is 0 Å². The number of allylic oxidation sites excluding steroid dienone is 1. The summed E-state index contributed by atoms with van der Waals surface area (Å²) in [7, 11) is 0. The molecular formula is C32H28NP2S2+. The lowest BCUT2D eigenvalue weighted by Gasteiger charge is -2.27. The van der Waals surface area contributed by atoms with Gasteiger partial charge in [0.2, 0.25) is 0 Å². The van der Waals surface area contributed by atoms with Crippen LogP contribution >= 0.6 is 12.1 Å². The monoisotopic (exact) mass is 552 g/mol. The molecule has 0 bridgehead atoms. The maximum atomic E-state index is 6.71. The van der Waals surface area contributed by atoms with Gasteiger partial charge in [-0.3, -0.25) is 0 Å². The predicted octanol–water partition coefficient (Wildman–Crippen LogP) is 4.67. The molecule has 4 aromatic carbocycles. The van der Waals surface area contributed by atoms with Crippen molar-refractivity contribution in [3.05, 3.63) is 152 Å². The van der Waals surface area contributed by atoms with E-state index in [1.807, 2.05) is 30.3 Å². The van der Waals surface area contributed by atoms with Crippen LogP contribution in [0.3, 0.4) is 0 Å². The maximum Gasteiger partial charge on any atom is 0.178 e. The summed E-state index contributed by atoms with van der Waals surface area (Å²) in [5.41, 5.74) is 0. The highest BCUT2D eigenvalue weighted by atomic mass is 32.4. The van der Waals surface area contributed by atoms with Crippen molar-refractivity contribution in [3.8, 4) is 0 Å². The summed E-state index contributed by atoms with van der Waals surface area (Å²) in [6.07, 6.45) is 6.35. The number of aromatic nitrogens is 1. The summed E-state index contributed by atoms with van der Waals surface area (Å²) in [5, 5.41) is 6.97. The Hall–Kier alpha value is -2.93. The number of rotatable bonds is 8. The van der Waals surface area contributed by atoms with Crippen LogP contribution in [0.25, 0.3) is 0 Å². The quantitative estimate of drug-likeness (QED) is 0.157. The van der Waals surface area contributed by atoms with Gasteiger partial charge in [0.1, 0.15) is 0 Å². The van der Waals surface area contributed by atoms with E-state index in [1.54, 1.807) is 0 Å². The second-order valence-electron chi connectivity index (χ2n) is 8.80. The van der Waals surface area contributed by atoms with Gasteiger partial charge in [0, 0.05) is 12.1 Å². The molecule has 5 aromatic rings. The van der Waals surface area contributed by atoms with Crippen LogP contribution in [0.2, 0.25) is 0 Å². The van der Waals surface area contributed by atoms with E-state index in [4.69, 9.17) is 23.6 Å². The number of nitrogens with zero attached hydrogens (tertiary/aromatic N) is 1. The highest BCUT2D eigenvalue weighted by Gasteiger charge is 2.32. The average molecular weight is 553 g/mol. The molecule has 0 aliphatic heterocycles. The largest absolute Gasteiger partial charge is 0.200 e. The number of benzene rings is 4. The third-order valence-corrected chi connectivity index (χ3v) is 16.3. The van der Waals surface area contributed by atoms with E-state index >= 15 is 0 Å². The van der Waals surface area contributed by atoms with Crippen LogP contribution in [0.1, 0.15) is 0 Å². The lowest BCUT2D eigenvalue weighted by molar-refractivity contribution is -0.685. The van der Waals surface area contributed by atoms with Crippen molar-refractivity contribution in [2.24, 2.45) is 0 Å². The molecule has 5 heteroatoms. The Morgan fingerprint density at radius 3 is 1.08 bits per heavy atom. The van der Waals surface area contributed by atoms with Crippen molar-refractivity contribution in [1.29, 1.82) is 0 Å². The first-order valence-electron chi connectivity index (χ1n) is 12.2. The molecule has 1 aromatic heterocycles. The first-order valence-corrected chi connectivity index (χ1v) is 17.8. The van der Waals surface area contributed by atoms with Crippen molar-refractivity contribution in [2.75, 3.05) is 0 Å². The Labute approximate surface area is 230 Å². The zero-order valence-electron chi connectivity index (χ0n) is 20.4. The fraction of sp³-hybridized carbons (Fsp3) is 0.0312. The first-order chi connectivity index (χ1) is 18.1. The van der Waals surface area contributed by atoms with E-state index in [2.05, 4.69) is 127 Å². The van der Waals surface area contributed by atoms with Crippen molar-refractivity contribution in [3.63, 3.8) is 0 Å². The molecule has 0 unspecified atom stereocenters. The predicted molar refractivity (Wildman–Crippen MR) is 169 cm³/mol. The summed E-state index contributed by atoms with van der Waals surface area (Å²) >= 11 is 13.4. The van der Waals surface area contributed by atoms with Crippen LogP contribution in [0, 0.1) is 0 Å². The zero-order valence-corrected chi connectivity index (χ0v) is 23.9. The maximum absolute atomic E-state index is 6.71. The third-order valence-electron chi connectivity index (χ3n) is 6.44. The summed E-state index contributed by atoms with van der Waals surface area (Å²) in [6, 6.07) is 39.8. The molecule has 0 saturated carbocycles. The topological polar surface area (TPSA) is 3.88 Å². The average Bonchev–Trinajstić information content (AvgIpc) is 2.98. The Morgan fingerprint density at radius 2 is 0.811 bits per heavy atom. The van der Waals surface area contributed by atoms with E-state index in [-0.39, 0.29) is 0 Å². The minimum Gasteiger partial charge on any atom is -0.200 e. The highest BCUT2D eigenvalue weighted by Crippen LogP contribution is 2.45. The first kappa shape index (κ1) is 25.7. The molecule has 1 heterocycles. The summed E-state index contributed by atoms with van der Waals surface area (Å²) in [4.78, 5) is 0. The standard InChI is InChI=1S/C32H28NP2S2/c1-2-23-33-25-31(34(36,27-15-7-3-8-16-27)28-17-9-4-10-18-28)24-32(26-33)35(37,29-19-11-5-12-20-29)30-21-13-6-14-22-30/h2-22,24-26H,1,23H2/q+1. The second kappa shape index (κ2) is 11.2. The molecule has 0 spiro atoms. The minimum absolute atomic E-state index is 0.679. The van der Waals surface area contributed by atoms with E-state index in [1.165, 1.54) is 21.2 Å². The molecule has 0 fully saturated rings. The van der Waals surface area contributed by atoms with Crippen molar-refractivity contribution >= 4 is 67.5 Å². The van der Waals surface area contributed by atoms with Crippen LogP contribution in [0.15, 0.2) is 152 Å². The molecule has 0 N–H and O–H groups in total. The molecule has 0 aliphatic carbocycles. The molecular weight excluding hydrogens is 524 g/mol. The van der Waals surface area contributed by atoms with Gasteiger partial charge in [-0.2, -0.15) is 0 Å². The Kier molecular flexibility index (Phi) is 7.79. The summed E-state index contributed by atoms with van der Waals surface area (Å²) in [6.45, 7) is 4.70. The highest BCUT2D eigenvalue weighted by molar-refractivity contribution is 8.26. The van der Waals surface area contributed by atoms with E-state index in [9.17, 15) is 0 Å². The van der Waals surface area contributed by atoms with Crippen LogP contribution in [-0.4, -0.2) is 0 Å². The normalized spacial score (nSPS) is 11.7. The molecule has 5 rings (SSSR count). The van der Waals surface area contributed by atoms with Gasteiger partial charge in [-0.1, -0.05) is 152 Å². The van der Waals surface area contributed by atoms with Gasteiger partial charge in [-0.25, -0.2) is 4.57 Å². The molecule has 0 saturated heterocycles. The van der Waals surface area contributed by atoms with Gasteiger partial charge < -0.3 is 0 Å². The van der Waals surface area contributed by atoms with E-state index in [0.29, 0.717) is 6.54 Å². The van der Waals surface area contributed by atoms with Crippen molar-refractivity contribution in [2.45, 2.75) is 6.54 Å². The summed E-state index contributed by atoms with van der Waals surface area (Å²) in [5.74, 6) is 0. The number of hydrogen-bond acceptors (Lipinski definition) is 2. The van der Waals surface area contributed by atoms with Gasteiger partial charge in [0.15, 0.2) is 18.9 Å². The Morgan fingerprint density at radius 1 is 0.514 bits per heavy atom. The smallest absolute Gasteiger partial charge is 0.178 e. The number of pyridine rings is 1. The lowest BCUT2D eigenvalue weighted by atomic mass is 10.4. The van der Waals surface area contributed by atoms with Gasteiger partial charge in [0.25, 0.3) is 0 Å². The second-order valence-corrected chi connectivity index (χ2v) is 17.6. The van der Waals surface area contributed by atoms with Crippen molar-refractivity contribution in [1.82, 2.24) is 0 Å². The van der Waals surface area contributed by atoms with Crippen LogP contribution in [-0.2, 0) is 30.2 Å². The van der Waals surface area contributed by atoms with Crippen LogP contribution in [0.5, 0.6) is 0 Å². The van der Waals surface area contributed by atoms with Crippen molar-refractivity contribution < 1.29 is 4.57 Å². The van der Waals surface area contributed by atoms with E-state index in [0.717, 1.165) is 10.6 Å². The van der Waals surface area contributed by atoms with Gasteiger partial charge in [-0.15, -0.1) is 0 Å². The van der Waals surface area contributed by atoms with Gasteiger partial charge >= 0.3 is 0 Å². The molecule has 1 nitrogen and oxygen atoms in total. The van der Waals surface area contributed by atoms with Crippen LogP contribution < -0.4 is 36.4 Å². The summed E-state index contributed by atoms with van der Waals surface area (Å²) < 4.78 is 2.21. The Bertz CT molecular complexity index is 1400.